The van der Waals surface area contributed by atoms with E-state index in [4.69, 9.17) is 4.42 Å². The standard InChI is InChI=1S/C19H19N3O2/c1-19(2,3)15-8-10-16(11-9-15)21-17(23)13-4-6-14(7-5-13)18-22-20-12-24-18/h4-12H,1-3H3,(H,21,23). The first kappa shape index (κ1) is 15.9. The van der Waals surface area contributed by atoms with E-state index in [1.807, 2.05) is 24.3 Å². The minimum Gasteiger partial charge on any atom is -0.423 e. The number of nitrogens with one attached hydrogen (secondary N) is 1. The normalized spacial score (nSPS) is 11.3. The molecule has 0 saturated heterocycles. The topological polar surface area (TPSA) is 68.0 Å². The van der Waals surface area contributed by atoms with Crippen molar-refractivity contribution in [3.05, 3.63) is 66.1 Å². The van der Waals surface area contributed by atoms with Crippen molar-refractivity contribution in [2.75, 3.05) is 5.32 Å². The van der Waals surface area contributed by atoms with Crippen molar-refractivity contribution < 1.29 is 9.21 Å². The van der Waals surface area contributed by atoms with Gasteiger partial charge in [0.1, 0.15) is 0 Å². The predicted octanol–water partition coefficient (Wildman–Crippen LogP) is 4.29. The average Bonchev–Trinajstić information content (AvgIpc) is 3.09. The molecule has 1 N–H and O–H groups in total. The minimum atomic E-state index is -0.157. The monoisotopic (exact) mass is 321 g/mol. The summed E-state index contributed by atoms with van der Waals surface area (Å²) in [4.78, 5) is 12.3. The van der Waals surface area contributed by atoms with E-state index in [0.29, 0.717) is 11.5 Å². The van der Waals surface area contributed by atoms with Crippen LogP contribution in [0.1, 0.15) is 36.7 Å². The molecule has 0 saturated carbocycles. The Hall–Kier alpha value is -2.95. The van der Waals surface area contributed by atoms with Crippen LogP contribution in [0.4, 0.5) is 5.69 Å². The van der Waals surface area contributed by atoms with Crippen LogP contribution in [0.2, 0.25) is 0 Å². The second kappa shape index (κ2) is 6.28. The Kier molecular flexibility index (Phi) is 4.16. The molecule has 0 bridgehead atoms. The third-order valence-corrected chi connectivity index (χ3v) is 3.76. The summed E-state index contributed by atoms with van der Waals surface area (Å²) in [6.07, 6.45) is 1.28. The fraction of sp³-hybridized carbons (Fsp3) is 0.211. The van der Waals surface area contributed by atoms with Crippen molar-refractivity contribution in [2.45, 2.75) is 26.2 Å². The third kappa shape index (κ3) is 3.51. The number of hydrogen-bond acceptors (Lipinski definition) is 4. The van der Waals surface area contributed by atoms with Gasteiger partial charge < -0.3 is 9.73 Å². The number of amides is 1. The van der Waals surface area contributed by atoms with Gasteiger partial charge in [-0.05, 0) is 47.4 Å². The number of anilines is 1. The third-order valence-electron chi connectivity index (χ3n) is 3.76. The quantitative estimate of drug-likeness (QED) is 0.781. The highest BCUT2D eigenvalue weighted by Gasteiger charge is 2.13. The minimum absolute atomic E-state index is 0.0904. The van der Waals surface area contributed by atoms with Gasteiger partial charge in [0.15, 0.2) is 0 Å². The van der Waals surface area contributed by atoms with Crippen LogP contribution in [-0.4, -0.2) is 16.1 Å². The Morgan fingerprint density at radius 2 is 1.67 bits per heavy atom. The molecular formula is C19H19N3O2. The Labute approximate surface area is 140 Å². The van der Waals surface area contributed by atoms with Crippen molar-refractivity contribution in [3.8, 4) is 11.5 Å². The fourth-order valence-electron chi connectivity index (χ4n) is 2.32. The first-order chi connectivity index (χ1) is 11.4. The molecule has 3 aromatic rings. The summed E-state index contributed by atoms with van der Waals surface area (Å²) in [5.74, 6) is 0.273. The molecule has 122 valence electrons. The molecule has 1 amide bonds. The van der Waals surface area contributed by atoms with E-state index in [0.717, 1.165) is 11.3 Å². The van der Waals surface area contributed by atoms with Crippen molar-refractivity contribution in [3.63, 3.8) is 0 Å². The second-order valence-corrected chi connectivity index (χ2v) is 6.60. The number of nitrogens with zero attached hydrogens (tertiary/aromatic N) is 2. The van der Waals surface area contributed by atoms with E-state index in [1.54, 1.807) is 24.3 Å². The maximum Gasteiger partial charge on any atom is 0.255 e. The maximum atomic E-state index is 12.3. The van der Waals surface area contributed by atoms with E-state index < -0.39 is 0 Å². The summed E-state index contributed by atoms with van der Waals surface area (Å²) < 4.78 is 5.13. The number of rotatable bonds is 3. The number of carbonyl (C=O) groups excluding carboxylic acids is 1. The predicted molar refractivity (Wildman–Crippen MR) is 92.8 cm³/mol. The molecule has 0 fully saturated rings. The van der Waals surface area contributed by atoms with Gasteiger partial charge in [-0.15, -0.1) is 10.2 Å². The van der Waals surface area contributed by atoms with Gasteiger partial charge >= 0.3 is 0 Å². The summed E-state index contributed by atoms with van der Waals surface area (Å²) in [5.41, 5.74) is 3.43. The number of aromatic nitrogens is 2. The van der Waals surface area contributed by atoms with E-state index in [9.17, 15) is 4.79 Å². The van der Waals surface area contributed by atoms with Crippen LogP contribution in [-0.2, 0) is 5.41 Å². The van der Waals surface area contributed by atoms with Crippen molar-refractivity contribution >= 4 is 11.6 Å². The highest BCUT2D eigenvalue weighted by molar-refractivity contribution is 6.04. The molecule has 0 aliphatic carbocycles. The van der Waals surface area contributed by atoms with Gasteiger partial charge in [-0.2, -0.15) is 0 Å². The lowest BCUT2D eigenvalue weighted by Gasteiger charge is -2.19. The molecular weight excluding hydrogens is 302 g/mol. The lowest BCUT2D eigenvalue weighted by molar-refractivity contribution is 0.102. The highest BCUT2D eigenvalue weighted by atomic mass is 16.4. The smallest absolute Gasteiger partial charge is 0.255 e. The summed E-state index contributed by atoms with van der Waals surface area (Å²) in [7, 11) is 0. The molecule has 1 aromatic heterocycles. The maximum absolute atomic E-state index is 12.3. The van der Waals surface area contributed by atoms with E-state index in [1.165, 1.54) is 12.0 Å². The molecule has 24 heavy (non-hydrogen) atoms. The number of carbonyl (C=O) groups is 1. The lowest BCUT2D eigenvalue weighted by atomic mass is 9.87. The molecule has 2 aromatic carbocycles. The molecule has 3 rings (SSSR count). The number of hydrogen-bond donors (Lipinski definition) is 1. The zero-order chi connectivity index (χ0) is 17.2. The van der Waals surface area contributed by atoms with Crippen molar-refractivity contribution in [1.82, 2.24) is 10.2 Å². The van der Waals surface area contributed by atoms with Crippen LogP contribution in [0.25, 0.3) is 11.5 Å². The second-order valence-electron chi connectivity index (χ2n) is 6.60. The molecule has 0 unspecified atom stereocenters. The molecule has 5 nitrogen and oxygen atoms in total. The fourth-order valence-corrected chi connectivity index (χ4v) is 2.32. The largest absolute Gasteiger partial charge is 0.423 e. The molecule has 5 heteroatoms. The molecule has 0 aliphatic heterocycles. The van der Waals surface area contributed by atoms with E-state index >= 15 is 0 Å². The van der Waals surface area contributed by atoms with Crippen LogP contribution < -0.4 is 5.32 Å². The van der Waals surface area contributed by atoms with Gasteiger partial charge in [0.2, 0.25) is 12.3 Å². The average molecular weight is 321 g/mol. The van der Waals surface area contributed by atoms with E-state index in [-0.39, 0.29) is 11.3 Å². The zero-order valence-electron chi connectivity index (χ0n) is 13.9. The lowest BCUT2D eigenvalue weighted by Crippen LogP contribution is -2.13. The van der Waals surface area contributed by atoms with Gasteiger partial charge in [0, 0.05) is 16.8 Å². The van der Waals surface area contributed by atoms with Crippen molar-refractivity contribution in [1.29, 1.82) is 0 Å². The van der Waals surface area contributed by atoms with E-state index in [2.05, 4.69) is 36.3 Å². The number of benzene rings is 2. The van der Waals surface area contributed by atoms with Crippen LogP contribution in [0.15, 0.2) is 59.3 Å². The summed E-state index contributed by atoms with van der Waals surface area (Å²) in [6.45, 7) is 6.47. The summed E-state index contributed by atoms with van der Waals surface area (Å²) >= 11 is 0. The van der Waals surface area contributed by atoms with Gasteiger partial charge in [-0.3, -0.25) is 4.79 Å². The molecule has 0 radical (unpaired) electrons. The molecule has 0 spiro atoms. The Morgan fingerprint density at radius 1 is 1.00 bits per heavy atom. The van der Waals surface area contributed by atoms with Crippen LogP contribution in [0.3, 0.4) is 0 Å². The van der Waals surface area contributed by atoms with Gasteiger partial charge in [0.05, 0.1) is 0 Å². The summed E-state index contributed by atoms with van der Waals surface area (Å²) in [5, 5.41) is 10.4. The molecule has 1 heterocycles. The van der Waals surface area contributed by atoms with Gasteiger partial charge in [-0.1, -0.05) is 32.9 Å². The first-order valence-electron chi connectivity index (χ1n) is 7.72. The first-order valence-corrected chi connectivity index (χ1v) is 7.72. The summed E-state index contributed by atoms with van der Waals surface area (Å²) in [6, 6.07) is 15.0. The van der Waals surface area contributed by atoms with Crippen molar-refractivity contribution in [2.24, 2.45) is 0 Å². The Bertz CT molecular complexity index is 815. The SMILES string of the molecule is CC(C)(C)c1ccc(NC(=O)c2ccc(-c3nnco3)cc2)cc1. The molecule has 0 atom stereocenters. The van der Waals surface area contributed by atoms with Crippen LogP contribution in [0.5, 0.6) is 0 Å². The highest BCUT2D eigenvalue weighted by Crippen LogP contribution is 2.24. The zero-order valence-corrected chi connectivity index (χ0v) is 13.9. The van der Waals surface area contributed by atoms with Gasteiger partial charge in [-0.25, -0.2) is 0 Å². The Balaban J connectivity index is 1.71. The van der Waals surface area contributed by atoms with Gasteiger partial charge in [0.25, 0.3) is 5.91 Å². The Morgan fingerprint density at radius 3 is 2.21 bits per heavy atom. The van der Waals surface area contributed by atoms with Crippen LogP contribution >= 0.6 is 0 Å². The van der Waals surface area contributed by atoms with Crippen LogP contribution in [0, 0.1) is 0 Å². The molecule has 0 aliphatic rings.